The topological polar surface area (TPSA) is 51.6 Å². The number of pyridine rings is 2. The highest BCUT2D eigenvalue weighted by Crippen LogP contribution is 2.31. The third-order valence-electron chi connectivity index (χ3n) is 7.22. The monoisotopic (exact) mass is 548 g/mol. The first-order valence-corrected chi connectivity index (χ1v) is 19.3. The van der Waals surface area contributed by atoms with Gasteiger partial charge in [0.05, 0.1) is 11.0 Å². The second kappa shape index (κ2) is 10.2. The predicted octanol–water partition coefficient (Wildman–Crippen LogP) is 5.74. The van der Waals surface area contributed by atoms with Crippen molar-refractivity contribution in [2.75, 3.05) is 0 Å². The van der Waals surface area contributed by atoms with E-state index < -0.39 is 16.1 Å². The summed E-state index contributed by atoms with van der Waals surface area (Å²) in [6, 6.07) is 29.0. The number of hydrogen-bond donors (Lipinski definition) is 0. The highest BCUT2D eigenvalue weighted by atomic mass is 28.3. The molecule has 0 saturated heterocycles. The van der Waals surface area contributed by atoms with Crippen LogP contribution < -0.4 is 10.4 Å². The molecule has 3 heterocycles. The first-order valence-electron chi connectivity index (χ1n) is 13.3. The Bertz CT molecular complexity index is 1870. The molecule has 3 aromatic carbocycles. The Balaban J connectivity index is 1.62. The van der Waals surface area contributed by atoms with Gasteiger partial charge in [-0.05, 0) is 34.6 Å². The van der Waals surface area contributed by atoms with Gasteiger partial charge in [-0.3, -0.25) is 9.97 Å². The SMILES string of the molecule is C[Si](C)(C#Cc1nc2c3cccnc3c3ncccc3c2nc1C#C[Si](C)(C)c1ccccc1)c1ccccc1. The fourth-order valence-corrected chi connectivity index (χ4v) is 8.04. The minimum absolute atomic E-state index is 0.614. The molecule has 6 rings (SSSR count). The molecular weight excluding hydrogens is 521 g/mol. The van der Waals surface area contributed by atoms with E-state index in [-0.39, 0.29) is 0 Å². The number of nitrogens with zero attached hydrogens (tertiary/aromatic N) is 4. The van der Waals surface area contributed by atoms with Crippen LogP contribution in [0.4, 0.5) is 0 Å². The van der Waals surface area contributed by atoms with E-state index in [1.54, 1.807) is 12.4 Å². The summed E-state index contributed by atoms with van der Waals surface area (Å²) in [5.74, 6) is 6.90. The minimum atomic E-state index is -2.05. The number of rotatable bonds is 2. The van der Waals surface area contributed by atoms with Crippen molar-refractivity contribution in [1.29, 1.82) is 0 Å². The van der Waals surface area contributed by atoms with Crippen LogP contribution >= 0.6 is 0 Å². The lowest BCUT2D eigenvalue weighted by Gasteiger charge is -2.15. The number of hydrogen-bond acceptors (Lipinski definition) is 4. The first-order chi connectivity index (χ1) is 19.3. The minimum Gasteiger partial charge on any atom is -0.254 e. The first kappa shape index (κ1) is 25.6. The van der Waals surface area contributed by atoms with Crippen molar-refractivity contribution >= 4 is 59.4 Å². The Labute approximate surface area is 236 Å². The normalized spacial score (nSPS) is 11.6. The van der Waals surface area contributed by atoms with Crippen LogP contribution in [0.3, 0.4) is 0 Å². The zero-order chi connectivity index (χ0) is 27.7. The Hall–Kier alpha value is -4.63. The van der Waals surface area contributed by atoms with Crippen molar-refractivity contribution in [2.45, 2.75) is 26.2 Å². The molecule has 0 saturated carbocycles. The van der Waals surface area contributed by atoms with E-state index >= 15 is 0 Å². The van der Waals surface area contributed by atoms with Gasteiger partial charge >= 0.3 is 0 Å². The van der Waals surface area contributed by atoms with E-state index in [0.717, 1.165) is 32.8 Å². The maximum atomic E-state index is 5.15. The van der Waals surface area contributed by atoms with Crippen LogP contribution in [-0.2, 0) is 0 Å². The lowest BCUT2D eigenvalue weighted by molar-refractivity contribution is 1.23. The molecule has 4 nitrogen and oxygen atoms in total. The average Bonchev–Trinajstić information content (AvgIpc) is 3.00. The Kier molecular flexibility index (Phi) is 6.52. The molecule has 0 amide bonds. The van der Waals surface area contributed by atoms with Gasteiger partial charge < -0.3 is 0 Å². The fraction of sp³-hybridized carbons (Fsp3) is 0.118. The summed E-state index contributed by atoms with van der Waals surface area (Å²) in [5.41, 5.74) is 11.6. The van der Waals surface area contributed by atoms with E-state index in [1.165, 1.54) is 10.4 Å². The van der Waals surface area contributed by atoms with E-state index in [4.69, 9.17) is 9.97 Å². The van der Waals surface area contributed by atoms with Crippen LogP contribution in [-0.4, -0.2) is 36.1 Å². The highest BCUT2D eigenvalue weighted by molar-refractivity contribution is 6.97. The Morgan fingerprint density at radius 1 is 0.475 bits per heavy atom. The van der Waals surface area contributed by atoms with E-state index in [1.807, 2.05) is 36.4 Å². The van der Waals surface area contributed by atoms with Crippen molar-refractivity contribution in [3.05, 3.63) is 109 Å². The lowest BCUT2D eigenvalue weighted by atomic mass is 10.1. The molecule has 0 bridgehead atoms. The van der Waals surface area contributed by atoms with Gasteiger partial charge in [0, 0.05) is 23.2 Å². The summed E-state index contributed by atoms with van der Waals surface area (Å²) in [4.78, 5) is 19.6. The second-order valence-electron chi connectivity index (χ2n) is 10.9. The summed E-state index contributed by atoms with van der Waals surface area (Å²) in [5, 5.41) is 4.40. The molecule has 0 aliphatic carbocycles. The van der Waals surface area contributed by atoms with Gasteiger partial charge in [0.2, 0.25) is 0 Å². The number of fused-ring (bicyclic) bond motifs is 6. The number of benzene rings is 3. The summed E-state index contributed by atoms with van der Waals surface area (Å²) in [7, 11) is -4.11. The molecule has 0 radical (unpaired) electrons. The Morgan fingerprint density at radius 3 is 1.27 bits per heavy atom. The molecule has 0 fully saturated rings. The second-order valence-corrected chi connectivity index (χ2v) is 19.1. The van der Waals surface area contributed by atoms with Crippen LogP contribution in [0.15, 0.2) is 97.3 Å². The van der Waals surface area contributed by atoms with Crippen LogP contribution in [0.1, 0.15) is 11.4 Å². The molecule has 0 aliphatic rings. The van der Waals surface area contributed by atoms with Gasteiger partial charge in [-0.2, -0.15) is 0 Å². The molecule has 0 atom stereocenters. The van der Waals surface area contributed by atoms with Crippen molar-refractivity contribution in [3.63, 3.8) is 0 Å². The standard InChI is InChI=1S/C34H28N4Si2/c1-39(2,25-13-7-5-8-14-25)23-19-29-30(20-24-40(3,4)26-15-9-6-10-16-26)38-34-28-18-12-22-36-32(28)31-27(33(34)37-29)17-11-21-35-31/h5-18,21-22H,1-4H3. The van der Waals surface area contributed by atoms with Crippen molar-refractivity contribution in [3.8, 4) is 22.9 Å². The van der Waals surface area contributed by atoms with Gasteiger partial charge in [-0.15, -0.1) is 11.1 Å². The molecular formula is C34H28N4Si2. The Morgan fingerprint density at radius 2 is 0.875 bits per heavy atom. The van der Waals surface area contributed by atoms with Gasteiger partial charge in [-0.25, -0.2) is 9.97 Å². The summed E-state index contributed by atoms with van der Waals surface area (Å²) in [6.45, 7) is 9.05. The van der Waals surface area contributed by atoms with Crippen LogP contribution in [0.25, 0.3) is 32.8 Å². The van der Waals surface area contributed by atoms with E-state index in [2.05, 4.69) is 108 Å². The third kappa shape index (κ3) is 4.80. The molecule has 3 aromatic heterocycles. The van der Waals surface area contributed by atoms with E-state index in [9.17, 15) is 0 Å². The summed E-state index contributed by atoms with van der Waals surface area (Å²) < 4.78 is 0. The van der Waals surface area contributed by atoms with Crippen molar-refractivity contribution < 1.29 is 0 Å². The zero-order valence-electron chi connectivity index (χ0n) is 23.0. The van der Waals surface area contributed by atoms with Gasteiger partial charge in [0.15, 0.2) is 16.1 Å². The molecule has 6 aromatic rings. The van der Waals surface area contributed by atoms with Crippen LogP contribution in [0.2, 0.25) is 26.2 Å². The van der Waals surface area contributed by atoms with Crippen LogP contribution in [0, 0.1) is 22.9 Å². The summed E-state index contributed by atoms with van der Waals surface area (Å²) in [6.07, 6.45) is 3.58. The smallest absolute Gasteiger partial charge is 0.163 e. The fourth-order valence-electron chi connectivity index (χ4n) is 4.84. The molecule has 40 heavy (non-hydrogen) atoms. The molecule has 0 N–H and O–H groups in total. The molecule has 0 unspecified atom stereocenters. The maximum absolute atomic E-state index is 5.15. The van der Waals surface area contributed by atoms with Gasteiger partial charge in [0.25, 0.3) is 0 Å². The lowest BCUT2D eigenvalue weighted by Crippen LogP contribution is -2.40. The summed E-state index contributed by atoms with van der Waals surface area (Å²) >= 11 is 0. The van der Waals surface area contributed by atoms with Crippen LogP contribution in [0.5, 0.6) is 0 Å². The third-order valence-corrected chi connectivity index (χ3v) is 12.3. The largest absolute Gasteiger partial charge is 0.254 e. The van der Waals surface area contributed by atoms with Crippen molar-refractivity contribution in [2.24, 2.45) is 0 Å². The average molecular weight is 549 g/mol. The zero-order valence-corrected chi connectivity index (χ0v) is 25.0. The highest BCUT2D eigenvalue weighted by Gasteiger charge is 2.23. The molecule has 0 aliphatic heterocycles. The van der Waals surface area contributed by atoms with Gasteiger partial charge in [-0.1, -0.05) is 98.7 Å². The quantitative estimate of drug-likeness (QED) is 0.157. The van der Waals surface area contributed by atoms with Crippen molar-refractivity contribution in [1.82, 2.24) is 19.9 Å². The molecule has 192 valence electrons. The van der Waals surface area contributed by atoms with Gasteiger partial charge in [0.1, 0.15) is 22.4 Å². The van der Waals surface area contributed by atoms with E-state index in [0.29, 0.717) is 11.4 Å². The number of aromatic nitrogens is 4. The molecule has 6 heteroatoms. The molecule has 0 spiro atoms. The maximum Gasteiger partial charge on any atom is 0.163 e. The predicted molar refractivity (Wildman–Crippen MR) is 171 cm³/mol.